The van der Waals surface area contributed by atoms with Crippen molar-refractivity contribution in [3.8, 4) is 11.5 Å². The molecule has 0 N–H and O–H groups in total. The lowest BCUT2D eigenvalue weighted by atomic mass is 10.2. The van der Waals surface area contributed by atoms with E-state index in [0.717, 1.165) is 43.2 Å². The number of hydrogen-bond donors (Lipinski definition) is 0. The Bertz CT molecular complexity index is 1090. The highest BCUT2D eigenvalue weighted by Gasteiger charge is 2.31. The van der Waals surface area contributed by atoms with E-state index in [1.165, 1.54) is 0 Å². The van der Waals surface area contributed by atoms with E-state index in [2.05, 4.69) is 20.9 Å². The molecule has 1 saturated heterocycles. The lowest BCUT2D eigenvalue weighted by Gasteiger charge is -2.20. The maximum Gasteiger partial charge on any atom is 0.236 e. The molecule has 0 spiro atoms. The van der Waals surface area contributed by atoms with E-state index in [1.54, 1.807) is 48.5 Å². The van der Waals surface area contributed by atoms with Gasteiger partial charge in [-0.15, -0.1) is 0 Å². The van der Waals surface area contributed by atoms with Crippen molar-refractivity contribution in [2.24, 2.45) is 0 Å². The Labute approximate surface area is 183 Å². The molecule has 0 amide bonds. The monoisotopic (exact) mass is 494 g/mol. The summed E-state index contributed by atoms with van der Waals surface area (Å²) in [6.07, 6.45) is 4.25. The normalized spacial score (nSPS) is 15.3. The molecule has 5 nitrogen and oxygen atoms in total. The van der Waals surface area contributed by atoms with Crippen LogP contribution in [0.1, 0.15) is 25.7 Å². The van der Waals surface area contributed by atoms with Crippen LogP contribution in [0.15, 0.2) is 67.3 Å². The van der Waals surface area contributed by atoms with E-state index in [4.69, 9.17) is 16.0 Å². The summed E-state index contributed by atoms with van der Waals surface area (Å²) in [7, 11) is -3.84. The van der Waals surface area contributed by atoms with Crippen molar-refractivity contribution in [2.75, 3.05) is 18.0 Å². The molecule has 152 valence electrons. The third-order valence-electron chi connectivity index (χ3n) is 4.94. The molecule has 1 aromatic heterocycles. The van der Waals surface area contributed by atoms with Crippen LogP contribution in [0, 0.1) is 0 Å². The maximum absolute atomic E-state index is 13.4. The van der Waals surface area contributed by atoms with E-state index < -0.39 is 9.84 Å². The number of halogens is 2. The lowest BCUT2D eigenvalue weighted by molar-refractivity contribution is 0.543. The van der Waals surface area contributed by atoms with Crippen LogP contribution in [-0.4, -0.2) is 26.5 Å². The van der Waals surface area contributed by atoms with Gasteiger partial charge in [0.05, 0.1) is 4.90 Å². The first-order chi connectivity index (χ1) is 13.9. The summed E-state index contributed by atoms with van der Waals surface area (Å²) in [5.74, 6) is 0.594. The quantitative estimate of drug-likeness (QED) is 0.446. The first-order valence-electron chi connectivity index (χ1n) is 9.47. The molecule has 0 radical (unpaired) electrons. The maximum atomic E-state index is 13.4. The van der Waals surface area contributed by atoms with Crippen molar-refractivity contribution in [3.63, 3.8) is 0 Å². The van der Waals surface area contributed by atoms with E-state index >= 15 is 0 Å². The SMILES string of the molecule is O=S(=O)(c1ccc(Br)cc1)c1nc(-c2ccc(Cl)cc2)oc1N1CCCCCC1. The number of benzene rings is 2. The molecule has 2 heterocycles. The first-order valence-corrected chi connectivity index (χ1v) is 12.1. The van der Waals surface area contributed by atoms with Gasteiger partial charge in [-0.05, 0) is 61.4 Å². The van der Waals surface area contributed by atoms with Gasteiger partial charge in [-0.2, -0.15) is 4.98 Å². The predicted molar refractivity (Wildman–Crippen MR) is 117 cm³/mol. The molecule has 0 unspecified atom stereocenters. The van der Waals surface area contributed by atoms with Gasteiger partial charge in [0, 0.05) is 28.1 Å². The van der Waals surface area contributed by atoms with Crippen LogP contribution in [-0.2, 0) is 9.84 Å². The van der Waals surface area contributed by atoms with Gasteiger partial charge in [-0.1, -0.05) is 40.4 Å². The first kappa shape index (κ1) is 20.4. The third-order valence-corrected chi connectivity index (χ3v) is 7.39. The van der Waals surface area contributed by atoms with Crippen molar-refractivity contribution in [2.45, 2.75) is 35.6 Å². The predicted octanol–water partition coefficient (Wildman–Crippen LogP) is 5.97. The number of sulfone groups is 1. The smallest absolute Gasteiger partial charge is 0.236 e. The second kappa shape index (κ2) is 8.50. The second-order valence-electron chi connectivity index (χ2n) is 6.99. The van der Waals surface area contributed by atoms with Gasteiger partial charge in [0.2, 0.25) is 26.6 Å². The Hall–Kier alpha value is -1.83. The molecule has 0 aliphatic carbocycles. The number of aromatic nitrogens is 1. The van der Waals surface area contributed by atoms with Crippen LogP contribution < -0.4 is 4.90 Å². The Balaban J connectivity index is 1.83. The van der Waals surface area contributed by atoms with Crippen molar-refractivity contribution < 1.29 is 12.8 Å². The fraction of sp³-hybridized carbons (Fsp3) is 0.286. The molecule has 2 aromatic carbocycles. The zero-order valence-electron chi connectivity index (χ0n) is 15.6. The minimum absolute atomic E-state index is 0.0355. The standard InChI is InChI=1S/C21H20BrClN2O3S/c22-16-7-11-18(12-8-16)29(26,27)20-21(25-13-3-1-2-4-14-25)28-19(24-20)15-5-9-17(23)10-6-15/h5-12H,1-4,13-14H2. The van der Waals surface area contributed by atoms with E-state index in [9.17, 15) is 8.42 Å². The Morgan fingerprint density at radius 2 is 1.55 bits per heavy atom. The van der Waals surface area contributed by atoms with Gasteiger partial charge in [-0.25, -0.2) is 8.42 Å². The largest absolute Gasteiger partial charge is 0.419 e. The Morgan fingerprint density at radius 3 is 2.17 bits per heavy atom. The molecular weight excluding hydrogens is 476 g/mol. The van der Waals surface area contributed by atoms with Crippen molar-refractivity contribution >= 4 is 43.3 Å². The topological polar surface area (TPSA) is 63.4 Å². The lowest BCUT2D eigenvalue weighted by Crippen LogP contribution is -2.25. The van der Waals surface area contributed by atoms with Crippen molar-refractivity contribution in [1.29, 1.82) is 0 Å². The molecule has 0 bridgehead atoms. The van der Waals surface area contributed by atoms with Crippen LogP contribution in [0.25, 0.3) is 11.5 Å². The van der Waals surface area contributed by atoms with Crippen LogP contribution >= 0.6 is 27.5 Å². The van der Waals surface area contributed by atoms with Crippen LogP contribution in [0.4, 0.5) is 5.88 Å². The average molecular weight is 496 g/mol. The summed E-state index contributed by atoms with van der Waals surface area (Å²) >= 11 is 9.33. The van der Waals surface area contributed by atoms with Gasteiger partial charge in [0.1, 0.15) is 0 Å². The summed E-state index contributed by atoms with van der Waals surface area (Å²) in [6.45, 7) is 1.50. The fourth-order valence-electron chi connectivity index (χ4n) is 3.39. The van der Waals surface area contributed by atoms with Crippen LogP contribution in [0.3, 0.4) is 0 Å². The van der Waals surface area contributed by atoms with Crippen molar-refractivity contribution in [1.82, 2.24) is 4.98 Å². The summed E-state index contributed by atoms with van der Waals surface area (Å²) in [4.78, 5) is 6.63. The third kappa shape index (κ3) is 4.37. The number of rotatable bonds is 4. The van der Waals surface area contributed by atoms with Gasteiger partial charge < -0.3 is 9.32 Å². The molecule has 3 aromatic rings. The van der Waals surface area contributed by atoms with Gasteiger partial charge in [0.25, 0.3) is 0 Å². The van der Waals surface area contributed by atoms with E-state index in [-0.39, 0.29) is 15.8 Å². The van der Waals surface area contributed by atoms with Gasteiger partial charge in [-0.3, -0.25) is 0 Å². The van der Waals surface area contributed by atoms with E-state index in [0.29, 0.717) is 16.5 Å². The molecular formula is C21H20BrClN2O3S. The Morgan fingerprint density at radius 1 is 0.931 bits per heavy atom. The second-order valence-corrected chi connectivity index (χ2v) is 10.2. The highest BCUT2D eigenvalue weighted by molar-refractivity contribution is 9.10. The summed E-state index contributed by atoms with van der Waals surface area (Å²) < 4.78 is 33.7. The molecule has 0 saturated carbocycles. The molecule has 0 atom stereocenters. The number of anilines is 1. The number of nitrogens with zero attached hydrogens (tertiary/aromatic N) is 2. The van der Waals surface area contributed by atoms with Crippen molar-refractivity contribution in [3.05, 3.63) is 58.0 Å². The Kier molecular flexibility index (Phi) is 5.99. The number of hydrogen-bond acceptors (Lipinski definition) is 5. The molecule has 1 aliphatic rings. The zero-order chi connectivity index (χ0) is 20.4. The highest BCUT2D eigenvalue weighted by Crippen LogP contribution is 2.36. The zero-order valence-corrected chi connectivity index (χ0v) is 18.8. The minimum atomic E-state index is -3.84. The molecule has 8 heteroatoms. The highest BCUT2D eigenvalue weighted by atomic mass is 79.9. The van der Waals surface area contributed by atoms with Crippen LogP contribution in [0.5, 0.6) is 0 Å². The fourth-order valence-corrected chi connectivity index (χ4v) is 5.10. The van der Waals surface area contributed by atoms with Crippen LogP contribution in [0.2, 0.25) is 5.02 Å². The molecule has 4 rings (SSSR count). The average Bonchev–Trinajstić information content (AvgIpc) is 2.99. The van der Waals surface area contributed by atoms with Gasteiger partial charge >= 0.3 is 0 Å². The summed E-state index contributed by atoms with van der Waals surface area (Å²) in [6, 6.07) is 13.6. The minimum Gasteiger partial charge on any atom is -0.419 e. The number of oxazole rings is 1. The molecule has 29 heavy (non-hydrogen) atoms. The summed E-state index contributed by atoms with van der Waals surface area (Å²) in [5.41, 5.74) is 0.683. The summed E-state index contributed by atoms with van der Waals surface area (Å²) in [5, 5.41) is 0.558. The van der Waals surface area contributed by atoms with Gasteiger partial charge in [0.15, 0.2) is 0 Å². The van der Waals surface area contributed by atoms with E-state index in [1.807, 2.05) is 4.90 Å². The molecule has 1 aliphatic heterocycles. The molecule has 1 fully saturated rings.